The Morgan fingerprint density at radius 2 is 1.96 bits per heavy atom. The maximum atomic E-state index is 12.8. The molecule has 0 aliphatic carbocycles. The number of furan rings is 1. The van der Waals surface area contributed by atoms with Gasteiger partial charge < -0.3 is 24.1 Å². The van der Waals surface area contributed by atoms with Crippen LogP contribution >= 0.6 is 0 Å². The summed E-state index contributed by atoms with van der Waals surface area (Å²) >= 11 is 0. The fourth-order valence-electron chi connectivity index (χ4n) is 2.84. The van der Waals surface area contributed by atoms with Crippen molar-refractivity contribution in [2.75, 3.05) is 26.3 Å². The van der Waals surface area contributed by atoms with E-state index in [1.807, 2.05) is 13.0 Å². The van der Waals surface area contributed by atoms with Crippen LogP contribution in [0.2, 0.25) is 0 Å². The molecule has 0 fully saturated rings. The van der Waals surface area contributed by atoms with Crippen molar-refractivity contribution in [3.05, 3.63) is 47.9 Å². The Labute approximate surface area is 160 Å². The van der Waals surface area contributed by atoms with Crippen molar-refractivity contribution < 1.29 is 31.9 Å². The molecule has 2 heterocycles. The molecule has 1 atom stereocenters. The molecule has 152 valence electrons. The molecule has 0 radical (unpaired) electrons. The molecular formula is C19H21F3N2O4. The Morgan fingerprint density at radius 3 is 2.64 bits per heavy atom. The maximum Gasteiger partial charge on any atom is 0.406 e. The van der Waals surface area contributed by atoms with Gasteiger partial charge in [0.1, 0.15) is 25.5 Å². The first-order valence-electron chi connectivity index (χ1n) is 8.81. The van der Waals surface area contributed by atoms with Crippen molar-refractivity contribution in [3.8, 4) is 11.5 Å². The number of carbonyl (C=O) groups is 1. The average Bonchev–Trinajstić information content (AvgIpc) is 3.17. The van der Waals surface area contributed by atoms with Gasteiger partial charge in [0, 0.05) is 6.04 Å². The molecule has 0 saturated heterocycles. The zero-order valence-corrected chi connectivity index (χ0v) is 15.3. The molecule has 0 spiro atoms. The Bertz CT molecular complexity index is 793. The van der Waals surface area contributed by atoms with E-state index in [2.05, 4.69) is 5.32 Å². The second-order valence-corrected chi connectivity index (χ2v) is 6.45. The molecule has 1 aromatic heterocycles. The molecule has 1 aliphatic heterocycles. The highest BCUT2D eigenvalue weighted by atomic mass is 19.4. The Kier molecular flexibility index (Phi) is 6.13. The fraction of sp³-hybridized carbons (Fsp3) is 0.421. The molecule has 0 unspecified atom stereocenters. The van der Waals surface area contributed by atoms with Crippen molar-refractivity contribution in [3.63, 3.8) is 0 Å². The first kappa shape index (κ1) is 20.1. The maximum absolute atomic E-state index is 12.8. The molecule has 1 aromatic carbocycles. The molecule has 0 saturated carbocycles. The van der Waals surface area contributed by atoms with Crippen LogP contribution in [0.15, 0.2) is 41.0 Å². The monoisotopic (exact) mass is 398 g/mol. The summed E-state index contributed by atoms with van der Waals surface area (Å²) in [4.78, 5) is 13.1. The second-order valence-electron chi connectivity index (χ2n) is 6.45. The van der Waals surface area contributed by atoms with Gasteiger partial charge in [-0.1, -0.05) is 6.07 Å². The van der Waals surface area contributed by atoms with Crippen molar-refractivity contribution >= 4 is 5.91 Å². The summed E-state index contributed by atoms with van der Waals surface area (Å²) in [6.07, 6.45) is -3.14. The third-order valence-corrected chi connectivity index (χ3v) is 4.28. The summed E-state index contributed by atoms with van der Waals surface area (Å²) in [6.45, 7) is 0.930. The van der Waals surface area contributed by atoms with Gasteiger partial charge in [0.25, 0.3) is 0 Å². The number of nitrogens with zero attached hydrogens (tertiary/aromatic N) is 1. The molecule has 9 heteroatoms. The van der Waals surface area contributed by atoms with Crippen molar-refractivity contribution in [2.45, 2.75) is 25.7 Å². The number of rotatable bonds is 7. The van der Waals surface area contributed by atoms with Crippen LogP contribution in [0.1, 0.15) is 24.3 Å². The van der Waals surface area contributed by atoms with E-state index in [-0.39, 0.29) is 24.9 Å². The SMILES string of the molecule is C[C@@H](NCC(=O)N(Cc1ccco1)CC(F)(F)F)c1ccc2c(c1)OCCO2. The zero-order chi connectivity index (χ0) is 20.1. The van der Waals surface area contributed by atoms with Gasteiger partial charge in [0.15, 0.2) is 11.5 Å². The number of fused-ring (bicyclic) bond motifs is 1. The molecule has 0 bridgehead atoms. The summed E-state index contributed by atoms with van der Waals surface area (Å²) < 4.78 is 54.6. The third-order valence-electron chi connectivity index (χ3n) is 4.28. The Morgan fingerprint density at radius 1 is 1.21 bits per heavy atom. The van der Waals surface area contributed by atoms with Gasteiger partial charge in [-0.05, 0) is 36.8 Å². The molecule has 3 rings (SSSR count). The minimum absolute atomic E-state index is 0.244. The quantitative estimate of drug-likeness (QED) is 0.776. The van der Waals surface area contributed by atoms with Crippen LogP contribution in [0.25, 0.3) is 0 Å². The minimum Gasteiger partial charge on any atom is -0.486 e. The van der Waals surface area contributed by atoms with Crippen molar-refractivity contribution in [2.24, 2.45) is 0 Å². The first-order chi connectivity index (χ1) is 13.3. The Balaban J connectivity index is 1.61. The van der Waals surface area contributed by atoms with Gasteiger partial charge >= 0.3 is 6.18 Å². The predicted molar refractivity (Wildman–Crippen MR) is 94.0 cm³/mol. The standard InChI is InChI=1S/C19H21F3N2O4/c1-13(14-4-5-16-17(9-14)28-8-7-27-16)23-10-18(25)24(12-19(20,21)22)11-15-3-2-6-26-15/h2-6,9,13,23H,7-8,10-12H2,1H3/t13-/m1/s1. The highest BCUT2D eigenvalue weighted by Gasteiger charge is 2.33. The molecular weight excluding hydrogens is 377 g/mol. The smallest absolute Gasteiger partial charge is 0.406 e. The highest BCUT2D eigenvalue weighted by Crippen LogP contribution is 2.32. The van der Waals surface area contributed by atoms with Gasteiger partial charge in [0.05, 0.1) is 19.4 Å². The van der Waals surface area contributed by atoms with E-state index in [1.54, 1.807) is 18.2 Å². The van der Waals surface area contributed by atoms with E-state index in [0.717, 1.165) is 10.5 Å². The van der Waals surface area contributed by atoms with Crippen LogP contribution in [0.5, 0.6) is 11.5 Å². The zero-order valence-electron chi connectivity index (χ0n) is 15.3. The lowest BCUT2D eigenvalue weighted by molar-refractivity contribution is -0.162. The van der Waals surface area contributed by atoms with E-state index < -0.39 is 18.6 Å². The first-order valence-corrected chi connectivity index (χ1v) is 8.81. The molecule has 28 heavy (non-hydrogen) atoms. The summed E-state index contributed by atoms with van der Waals surface area (Å²) in [5.74, 6) is 0.879. The molecule has 6 nitrogen and oxygen atoms in total. The van der Waals surface area contributed by atoms with Crippen LogP contribution < -0.4 is 14.8 Å². The van der Waals surface area contributed by atoms with E-state index >= 15 is 0 Å². The average molecular weight is 398 g/mol. The van der Waals surface area contributed by atoms with Gasteiger partial charge in [-0.3, -0.25) is 4.79 Å². The number of halogens is 3. The van der Waals surface area contributed by atoms with Crippen LogP contribution in [-0.2, 0) is 11.3 Å². The number of ether oxygens (including phenoxy) is 2. The van der Waals surface area contributed by atoms with Crippen molar-refractivity contribution in [1.29, 1.82) is 0 Å². The molecule has 2 aromatic rings. The van der Waals surface area contributed by atoms with Gasteiger partial charge in [-0.25, -0.2) is 0 Å². The number of amides is 1. The lowest BCUT2D eigenvalue weighted by Crippen LogP contribution is -2.43. The normalized spacial score (nSPS) is 14.6. The fourth-order valence-corrected chi connectivity index (χ4v) is 2.84. The topological polar surface area (TPSA) is 63.9 Å². The number of hydrogen-bond donors (Lipinski definition) is 1. The van der Waals surface area contributed by atoms with Gasteiger partial charge in [-0.2, -0.15) is 13.2 Å². The third kappa shape index (κ3) is 5.41. The number of carbonyl (C=O) groups excluding carboxylic acids is 1. The lowest BCUT2D eigenvalue weighted by atomic mass is 10.1. The number of alkyl halides is 3. The summed E-state index contributed by atoms with van der Waals surface area (Å²) in [5.41, 5.74) is 0.838. The summed E-state index contributed by atoms with van der Waals surface area (Å²) in [5, 5.41) is 2.97. The predicted octanol–water partition coefficient (Wildman–Crippen LogP) is 3.29. The highest BCUT2D eigenvalue weighted by molar-refractivity contribution is 5.78. The number of benzene rings is 1. The van der Waals surface area contributed by atoms with Crippen LogP contribution in [0, 0.1) is 0 Å². The molecule has 1 N–H and O–H groups in total. The van der Waals surface area contributed by atoms with Crippen LogP contribution in [0.4, 0.5) is 13.2 Å². The molecule has 1 amide bonds. The molecule has 1 aliphatic rings. The van der Waals surface area contributed by atoms with Gasteiger partial charge in [0.2, 0.25) is 5.91 Å². The minimum atomic E-state index is -4.50. The van der Waals surface area contributed by atoms with Crippen molar-refractivity contribution in [1.82, 2.24) is 10.2 Å². The van der Waals surface area contributed by atoms with Gasteiger partial charge in [-0.15, -0.1) is 0 Å². The Hall–Kier alpha value is -2.68. The second kappa shape index (κ2) is 8.55. The summed E-state index contributed by atoms with van der Waals surface area (Å²) in [7, 11) is 0. The van der Waals surface area contributed by atoms with E-state index in [1.165, 1.54) is 12.3 Å². The van der Waals surface area contributed by atoms with E-state index in [0.29, 0.717) is 24.7 Å². The largest absolute Gasteiger partial charge is 0.486 e. The van der Waals surface area contributed by atoms with Crippen LogP contribution in [0.3, 0.4) is 0 Å². The number of nitrogens with one attached hydrogen (secondary N) is 1. The van der Waals surface area contributed by atoms with E-state index in [4.69, 9.17) is 13.9 Å². The van der Waals surface area contributed by atoms with E-state index in [9.17, 15) is 18.0 Å². The lowest BCUT2D eigenvalue weighted by Gasteiger charge is -2.25. The summed E-state index contributed by atoms with van der Waals surface area (Å²) in [6, 6.07) is 8.22. The number of hydrogen-bond acceptors (Lipinski definition) is 5. The van der Waals surface area contributed by atoms with Crippen LogP contribution in [-0.4, -0.2) is 43.3 Å².